The molecule has 1 aromatic heterocycles. The number of Topliss-reactive ketones (excluding diaryl/α,β-unsaturated/α-hetero) is 1. The maximum absolute atomic E-state index is 12.5. The first-order valence-electron chi connectivity index (χ1n) is 8.57. The number of anilines is 1. The molecule has 0 aliphatic rings. The maximum Gasteiger partial charge on any atom is 0.173 e. The SMILES string of the molecule is Cc1ccc(C(=O)CSc2nc(N)c(C#N)c(-c3ccccc3Cl)c2C#N)cc1. The zero-order chi connectivity index (χ0) is 21.0. The largest absolute Gasteiger partial charge is 0.383 e. The molecule has 0 atom stereocenters. The number of carbonyl (C=O) groups is 1. The van der Waals surface area contributed by atoms with Crippen LogP contribution in [0.2, 0.25) is 5.02 Å². The molecule has 0 saturated heterocycles. The lowest BCUT2D eigenvalue weighted by atomic mass is 9.97. The molecular formula is C22H15ClN4OS. The number of pyridine rings is 1. The van der Waals surface area contributed by atoms with Crippen LogP contribution < -0.4 is 5.73 Å². The van der Waals surface area contributed by atoms with Crippen LogP contribution in [0.5, 0.6) is 0 Å². The Morgan fingerprint density at radius 1 is 1.10 bits per heavy atom. The summed E-state index contributed by atoms with van der Waals surface area (Å²) < 4.78 is 0. The summed E-state index contributed by atoms with van der Waals surface area (Å²) in [5, 5.41) is 20.0. The van der Waals surface area contributed by atoms with Crippen LogP contribution in [-0.4, -0.2) is 16.5 Å². The highest BCUT2D eigenvalue weighted by Crippen LogP contribution is 2.38. The standard InChI is InChI=1S/C22H15ClN4OS/c1-13-6-8-14(9-7-13)19(28)12-29-22-17(11-25)20(16(10-24)21(26)27-22)15-4-2-3-5-18(15)23/h2-9H,12H2,1H3,(H2,26,27). The van der Waals surface area contributed by atoms with Crippen LogP contribution in [0.1, 0.15) is 27.0 Å². The summed E-state index contributed by atoms with van der Waals surface area (Å²) in [5.41, 5.74) is 8.74. The van der Waals surface area contributed by atoms with Crippen molar-refractivity contribution in [1.29, 1.82) is 10.5 Å². The zero-order valence-electron chi connectivity index (χ0n) is 15.4. The lowest BCUT2D eigenvalue weighted by Gasteiger charge is -2.13. The number of ketones is 1. The Bertz CT molecular complexity index is 1180. The normalized spacial score (nSPS) is 10.2. The van der Waals surface area contributed by atoms with Crippen LogP contribution in [0.4, 0.5) is 5.82 Å². The molecule has 0 aliphatic carbocycles. The summed E-state index contributed by atoms with van der Waals surface area (Å²) in [4.78, 5) is 16.7. The summed E-state index contributed by atoms with van der Waals surface area (Å²) in [6, 6.07) is 18.3. The smallest absolute Gasteiger partial charge is 0.173 e. The second kappa shape index (κ2) is 8.79. The first-order valence-corrected chi connectivity index (χ1v) is 9.93. The molecule has 0 spiro atoms. The van der Waals surface area contributed by atoms with Crippen molar-refractivity contribution in [1.82, 2.24) is 4.98 Å². The topological polar surface area (TPSA) is 104 Å². The molecule has 1 heterocycles. The van der Waals surface area contributed by atoms with Gasteiger partial charge in [-0.15, -0.1) is 0 Å². The van der Waals surface area contributed by atoms with Crippen LogP contribution in [0, 0.1) is 29.6 Å². The number of halogens is 1. The molecule has 142 valence electrons. The van der Waals surface area contributed by atoms with Crippen LogP contribution in [0.15, 0.2) is 53.6 Å². The molecule has 5 nitrogen and oxygen atoms in total. The Morgan fingerprint density at radius 3 is 2.38 bits per heavy atom. The van der Waals surface area contributed by atoms with Crippen molar-refractivity contribution in [3.63, 3.8) is 0 Å². The molecule has 0 fully saturated rings. The van der Waals surface area contributed by atoms with E-state index in [0.29, 0.717) is 26.7 Å². The lowest BCUT2D eigenvalue weighted by molar-refractivity contribution is 0.102. The number of hydrogen-bond donors (Lipinski definition) is 1. The van der Waals surface area contributed by atoms with E-state index >= 15 is 0 Å². The Labute approximate surface area is 177 Å². The summed E-state index contributed by atoms with van der Waals surface area (Å²) in [5.74, 6) is -0.0208. The van der Waals surface area contributed by atoms with Crippen molar-refractivity contribution in [3.8, 4) is 23.3 Å². The van der Waals surface area contributed by atoms with Crippen molar-refractivity contribution in [2.24, 2.45) is 0 Å². The Balaban J connectivity index is 2.03. The molecule has 0 saturated carbocycles. The van der Waals surface area contributed by atoms with E-state index in [-0.39, 0.29) is 28.5 Å². The molecule has 0 amide bonds. The summed E-state index contributed by atoms with van der Waals surface area (Å²) in [6.07, 6.45) is 0. The van der Waals surface area contributed by atoms with Crippen LogP contribution in [0.25, 0.3) is 11.1 Å². The van der Waals surface area contributed by atoms with Gasteiger partial charge in [-0.3, -0.25) is 4.79 Å². The number of nitriles is 2. The molecule has 2 aromatic carbocycles. The number of nitrogen functional groups attached to an aromatic ring is 1. The number of nitrogens with two attached hydrogens (primary N) is 1. The predicted octanol–water partition coefficient (Wildman–Crippen LogP) is 5.01. The third-order valence-corrected chi connectivity index (χ3v) is 5.58. The van der Waals surface area contributed by atoms with Gasteiger partial charge in [-0.25, -0.2) is 4.98 Å². The fraction of sp³-hybridized carbons (Fsp3) is 0.0909. The molecule has 2 N–H and O–H groups in total. The van der Waals surface area contributed by atoms with Gasteiger partial charge in [0.2, 0.25) is 0 Å². The van der Waals surface area contributed by atoms with Gasteiger partial charge >= 0.3 is 0 Å². The first-order chi connectivity index (χ1) is 14.0. The van der Waals surface area contributed by atoms with Crippen LogP contribution >= 0.6 is 23.4 Å². The molecule has 0 unspecified atom stereocenters. The van der Waals surface area contributed by atoms with Crippen molar-refractivity contribution >= 4 is 35.0 Å². The quantitative estimate of drug-likeness (QED) is 0.461. The number of hydrogen-bond acceptors (Lipinski definition) is 6. The fourth-order valence-corrected chi connectivity index (χ4v) is 3.91. The zero-order valence-corrected chi connectivity index (χ0v) is 17.0. The number of aromatic nitrogens is 1. The van der Waals surface area contributed by atoms with E-state index in [1.165, 1.54) is 0 Å². The number of rotatable bonds is 5. The minimum atomic E-state index is -0.0945. The third-order valence-electron chi connectivity index (χ3n) is 4.27. The minimum Gasteiger partial charge on any atom is -0.383 e. The fourth-order valence-electron chi connectivity index (χ4n) is 2.79. The first kappa shape index (κ1) is 20.4. The van der Waals surface area contributed by atoms with E-state index < -0.39 is 0 Å². The highest BCUT2D eigenvalue weighted by Gasteiger charge is 2.22. The summed E-state index contributed by atoms with van der Waals surface area (Å²) in [7, 11) is 0. The van der Waals surface area contributed by atoms with Gasteiger partial charge in [0.25, 0.3) is 0 Å². The highest BCUT2D eigenvalue weighted by atomic mass is 35.5. The lowest BCUT2D eigenvalue weighted by Crippen LogP contribution is -2.06. The highest BCUT2D eigenvalue weighted by molar-refractivity contribution is 8.00. The second-order valence-electron chi connectivity index (χ2n) is 6.21. The molecule has 3 rings (SSSR count). The number of thioether (sulfide) groups is 1. The van der Waals surface area contributed by atoms with Gasteiger partial charge in [0.05, 0.1) is 11.3 Å². The van der Waals surface area contributed by atoms with Gasteiger partial charge in [0, 0.05) is 21.7 Å². The van der Waals surface area contributed by atoms with Crippen LogP contribution in [0.3, 0.4) is 0 Å². The Kier molecular flexibility index (Phi) is 6.19. The molecule has 29 heavy (non-hydrogen) atoms. The Hall–Kier alpha value is -3.32. The van der Waals surface area contributed by atoms with Gasteiger partial charge in [-0.1, -0.05) is 71.4 Å². The monoisotopic (exact) mass is 418 g/mol. The maximum atomic E-state index is 12.5. The van der Waals surface area contributed by atoms with Gasteiger partial charge in [0.1, 0.15) is 28.5 Å². The summed E-state index contributed by atoms with van der Waals surface area (Å²) in [6.45, 7) is 1.95. The van der Waals surface area contributed by atoms with Crippen LogP contribution in [-0.2, 0) is 0 Å². The van der Waals surface area contributed by atoms with E-state index in [1.54, 1.807) is 36.4 Å². The van der Waals surface area contributed by atoms with Gasteiger partial charge in [-0.2, -0.15) is 10.5 Å². The molecular weight excluding hydrogens is 404 g/mol. The Morgan fingerprint density at radius 2 is 1.76 bits per heavy atom. The van der Waals surface area contributed by atoms with Gasteiger partial charge in [0.15, 0.2) is 5.78 Å². The average molecular weight is 419 g/mol. The molecule has 0 radical (unpaired) electrons. The number of carbonyl (C=O) groups excluding carboxylic acids is 1. The van der Waals surface area contributed by atoms with E-state index in [2.05, 4.69) is 11.1 Å². The number of aryl methyl sites for hydroxylation is 1. The van der Waals surface area contributed by atoms with Crippen molar-refractivity contribution in [2.75, 3.05) is 11.5 Å². The van der Waals surface area contributed by atoms with E-state index in [9.17, 15) is 15.3 Å². The predicted molar refractivity (Wildman–Crippen MR) is 115 cm³/mol. The number of benzene rings is 2. The van der Waals surface area contributed by atoms with E-state index in [4.69, 9.17) is 17.3 Å². The van der Waals surface area contributed by atoms with E-state index in [0.717, 1.165) is 17.3 Å². The summed E-state index contributed by atoms with van der Waals surface area (Å²) >= 11 is 7.41. The van der Waals surface area contributed by atoms with Gasteiger partial charge in [-0.05, 0) is 13.0 Å². The van der Waals surface area contributed by atoms with Crippen molar-refractivity contribution in [3.05, 3.63) is 75.8 Å². The molecule has 0 aliphatic heterocycles. The molecule has 0 bridgehead atoms. The third kappa shape index (κ3) is 4.25. The number of nitrogens with zero attached hydrogens (tertiary/aromatic N) is 3. The van der Waals surface area contributed by atoms with Crippen molar-refractivity contribution in [2.45, 2.75) is 11.9 Å². The van der Waals surface area contributed by atoms with Gasteiger partial charge < -0.3 is 5.73 Å². The molecule has 3 aromatic rings. The van der Waals surface area contributed by atoms with E-state index in [1.807, 2.05) is 25.1 Å². The van der Waals surface area contributed by atoms with Crippen molar-refractivity contribution < 1.29 is 4.79 Å². The minimum absolute atomic E-state index is 0.00768. The average Bonchev–Trinajstić information content (AvgIpc) is 2.72. The second-order valence-corrected chi connectivity index (χ2v) is 7.58. The molecule has 7 heteroatoms.